The van der Waals surface area contributed by atoms with Crippen molar-refractivity contribution >= 4 is 45.5 Å². The van der Waals surface area contributed by atoms with Crippen molar-refractivity contribution in [2.75, 3.05) is 26.2 Å². The van der Waals surface area contributed by atoms with Gasteiger partial charge in [-0.25, -0.2) is 17.9 Å². The third kappa shape index (κ3) is 6.46. The van der Waals surface area contributed by atoms with Crippen LogP contribution in [0.5, 0.6) is 5.75 Å². The van der Waals surface area contributed by atoms with Crippen LogP contribution in [0.25, 0.3) is 0 Å². The molecule has 0 saturated carbocycles. The maximum Gasteiger partial charge on any atom is 0.331 e. The van der Waals surface area contributed by atoms with E-state index in [4.69, 9.17) is 33.3 Å². The van der Waals surface area contributed by atoms with E-state index in [9.17, 15) is 13.2 Å². The molecule has 11 heteroatoms. The largest absolute Gasteiger partial charge is 0.490 e. The normalized spacial score (nSPS) is 18.3. The van der Waals surface area contributed by atoms with Crippen molar-refractivity contribution in [3.05, 3.63) is 58.1 Å². The molecule has 0 spiro atoms. The first-order valence-corrected chi connectivity index (χ1v) is 13.8. The summed E-state index contributed by atoms with van der Waals surface area (Å²) in [5, 5.41) is 8.27. The Morgan fingerprint density at radius 2 is 1.71 bits per heavy atom. The second-order valence-corrected chi connectivity index (χ2v) is 11.3. The lowest BCUT2D eigenvalue weighted by atomic mass is 9.99. The van der Waals surface area contributed by atoms with Gasteiger partial charge < -0.3 is 15.0 Å². The molecule has 2 amide bonds. The highest BCUT2D eigenvalue weighted by Gasteiger charge is 2.31. The summed E-state index contributed by atoms with van der Waals surface area (Å²) < 4.78 is 33.4. The van der Waals surface area contributed by atoms with Gasteiger partial charge in [0.05, 0.1) is 14.9 Å². The summed E-state index contributed by atoms with van der Waals surface area (Å²) in [6.45, 7) is 2.79. The van der Waals surface area contributed by atoms with Gasteiger partial charge in [0, 0.05) is 44.5 Å². The Bertz CT molecular complexity index is 1180. The van der Waals surface area contributed by atoms with Crippen molar-refractivity contribution in [2.24, 2.45) is 0 Å². The van der Waals surface area contributed by atoms with Gasteiger partial charge in [0.2, 0.25) is 0 Å². The lowest BCUT2D eigenvalue weighted by molar-refractivity contribution is 0.0540. The van der Waals surface area contributed by atoms with E-state index in [-0.39, 0.29) is 11.0 Å². The number of nitrogens with one attached hydrogen (secondary N) is 2. The van der Waals surface area contributed by atoms with Gasteiger partial charge in [-0.1, -0.05) is 35.3 Å². The number of halogens is 2. The monoisotopic (exact) mass is 538 g/mol. The molecule has 0 bridgehead atoms. The Kier molecular flexibility index (Phi) is 8.21. The first kappa shape index (κ1) is 25.8. The number of rotatable bonds is 6. The molecule has 0 radical (unpaired) electrons. The average Bonchev–Trinajstić information content (AvgIpc) is 2.86. The van der Waals surface area contributed by atoms with Crippen LogP contribution in [0, 0.1) is 5.41 Å². The van der Waals surface area contributed by atoms with E-state index < -0.39 is 16.1 Å². The summed E-state index contributed by atoms with van der Waals surface area (Å²) in [4.78, 5) is 16.6. The lowest BCUT2D eigenvalue weighted by Crippen LogP contribution is -2.52. The Morgan fingerprint density at radius 3 is 2.37 bits per heavy atom. The summed E-state index contributed by atoms with van der Waals surface area (Å²) in [7, 11) is -4.00. The SMILES string of the molecule is N=Cc1cccc(S(=O)(=O)NC(=O)N2CCC(N3CCC(Oc4ccc(Cl)c(Cl)c4)CC3)CC2)c1. The third-order valence-corrected chi connectivity index (χ3v) is 8.55. The molecule has 2 heterocycles. The number of hydrogen-bond donors (Lipinski definition) is 2. The van der Waals surface area contributed by atoms with Gasteiger partial charge in [0.15, 0.2) is 0 Å². The van der Waals surface area contributed by atoms with Crippen LogP contribution in [-0.2, 0) is 10.0 Å². The van der Waals surface area contributed by atoms with Crippen LogP contribution in [-0.4, -0.2) is 68.8 Å². The second kappa shape index (κ2) is 11.2. The highest BCUT2D eigenvalue weighted by Crippen LogP contribution is 2.29. The number of sulfonamides is 1. The number of ether oxygens (including phenoxy) is 1. The van der Waals surface area contributed by atoms with Crippen molar-refractivity contribution in [1.29, 1.82) is 5.41 Å². The van der Waals surface area contributed by atoms with E-state index in [1.54, 1.807) is 29.2 Å². The first-order chi connectivity index (χ1) is 16.7. The molecule has 8 nitrogen and oxygen atoms in total. The van der Waals surface area contributed by atoms with E-state index in [0.29, 0.717) is 34.7 Å². The van der Waals surface area contributed by atoms with Crippen LogP contribution in [0.2, 0.25) is 10.0 Å². The smallest absolute Gasteiger partial charge is 0.331 e. The fraction of sp³-hybridized carbons (Fsp3) is 0.417. The molecule has 0 aliphatic carbocycles. The molecule has 2 N–H and O–H groups in total. The average molecular weight is 539 g/mol. The maximum atomic E-state index is 12.6. The van der Waals surface area contributed by atoms with Crippen LogP contribution in [0.4, 0.5) is 4.79 Å². The van der Waals surface area contributed by atoms with E-state index in [1.807, 2.05) is 6.07 Å². The van der Waals surface area contributed by atoms with Crippen LogP contribution in [0.1, 0.15) is 31.2 Å². The van der Waals surface area contributed by atoms with Crippen LogP contribution < -0.4 is 9.46 Å². The number of nitrogens with zero attached hydrogens (tertiary/aromatic N) is 2. The molecular weight excluding hydrogens is 511 g/mol. The Hall–Kier alpha value is -2.33. The molecule has 2 saturated heterocycles. The van der Waals surface area contributed by atoms with Gasteiger partial charge in [0.1, 0.15) is 11.9 Å². The van der Waals surface area contributed by atoms with Crippen LogP contribution >= 0.6 is 23.2 Å². The highest BCUT2D eigenvalue weighted by molar-refractivity contribution is 7.90. The molecule has 188 valence electrons. The first-order valence-electron chi connectivity index (χ1n) is 11.5. The summed E-state index contributed by atoms with van der Waals surface area (Å²) >= 11 is 12.0. The van der Waals surface area contributed by atoms with E-state index in [0.717, 1.165) is 50.7 Å². The number of carbonyl (C=O) groups excluding carboxylic acids is 1. The molecule has 0 aromatic heterocycles. The summed E-state index contributed by atoms with van der Waals surface area (Å²) in [5.41, 5.74) is 0.451. The third-order valence-electron chi connectivity index (χ3n) is 6.50. The van der Waals surface area contributed by atoms with Crippen LogP contribution in [0.15, 0.2) is 47.4 Å². The molecule has 4 rings (SSSR count). The van der Waals surface area contributed by atoms with Gasteiger partial charge >= 0.3 is 6.03 Å². The Balaban J connectivity index is 1.24. The summed E-state index contributed by atoms with van der Waals surface area (Å²) in [6, 6.07) is 11.0. The molecule has 2 aromatic rings. The Morgan fingerprint density at radius 1 is 1.00 bits per heavy atom. The molecule has 35 heavy (non-hydrogen) atoms. The zero-order valence-corrected chi connectivity index (χ0v) is 21.5. The molecule has 2 aliphatic rings. The van der Waals surface area contributed by atoms with Crippen molar-refractivity contribution in [3.8, 4) is 5.75 Å². The fourth-order valence-corrected chi connectivity index (χ4v) is 5.86. The van der Waals surface area contributed by atoms with Crippen molar-refractivity contribution in [1.82, 2.24) is 14.5 Å². The van der Waals surface area contributed by atoms with E-state index in [2.05, 4.69) is 9.62 Å². The Labute approximate surface area is 215 Å². The number of likely N-dealkylation sites (tertiary alicyclic amines) is 2. The van der Waals surface area contributed by atoms with Crippen LogP contribution in [0.3, 0.4) is 0 Å². The van der Waals surface area contributed by atoms with Gasteiger partial charge in [-0.3, -0.25) is 4.90 Å². The second-order valence-electron chi connectivity index (χ2n) is 8.77. The van der Waals surface area contributed by atoms with Crippen molar-refractivity contribution in [2.45, 2.75) is 42.7 Å². The molecular formula is C24H28Cl2N4O4S. The minimum absolute atomic E-state index is 0.0345. The number of urea groups is 1. The summed E-state index contributed by atoms with van der Waals surface area (Å²) in [6.07, 6.45) is 4.55. The quantitative estimate of drug-likeness (QED) is 0.530. The van der Waals surface area contributed by atoms with Crippen molar-refractivity contribution in [3.63, 3.8) is 0 Å². The standard InChI is InChI=1S/C24H28Cl2N4O4S/c25-22-5-4-20(15-23(22)26)34-19-8-12-29(13-9-19)18-6-10-30(11-7-18)24(31)28-35(32,33)21-3-1-2-17(14-21)16-27/h1-5,14-16,18-19,27H,6-13H2,(H,28,31). The topological polar surface area (TPSA) is 103 Å². The number of piperidine rings is 2. The predicted octanol–water partition coefficient (Wildman–Crippen LogP) is 4.40. The predicted molar refractivity (Wildman–Crippen MR) is 136 cm³/mol. The molecule has 2 aromatic carbocycles. The van der Waals surface area contributed by atoms with Gasteiger partial charge in [-0.15, -0.1) is 0 Å². The number of hydrogen-bond acceptors (Lipinski definition) is 6. The summed E-state index contributed by atoms with van der Waals surface area (Å²) in [5.74, 6) is 0.719. The minimum atomic E-state index is -4.00. The maximum absolute atomic E-state index is 12.6. The number of amides is 2. The highest BCUT2D eigenvalue weighted by atomic mass is 35.5. The van der Waals surface area contributed by atoms with E-state index >= 15 is 0 Å². The molecule has 2 fully saturated rings. The van der Waals surface area contributed by atoms with Gasteiger partial charge in [-0.2, -0.15) is 0 Å². The molecule has 2 aliphatic heterocycles. The number of carbonyl (C=O) groups is 1. The van der Waals surface area contributed by atoms with E-state index in [1.165, 1.54) is 12.1 Å². The minimum Gasteiger partial charge on any atom is -0.490 e. The molecule has 0 unspecified atom stereocenters. The van der Waals surface area contributed by atoms with Gasteiger partial charge in [-0.05, 0) is 55.5 Å². The lowest BCUT2D eigenvalue weighted by Gasteiger charge is -2.41. The van der Waals surface area contributed by atoms with Gasteiger partial charge in [0.25, 0.3) is 10.0 Å². The fourth-order valence-electron chi connectivity index (χ4n) is 4.55. The number of benzene rings is 2. The molecule has 0 atom stereocenters. The van der Waals surface area contributed by atoms with Crippen molar-refractivity contribution < 1.29 is 17.9 Å². The zero-order valence-electron chi connectivity index (χ0n) is 19.1. The zero-order chi connectivity index (χ0) is 25.0.